The third-order valence-corrected chi connectivity index (χ3v) is 8.62. The Morgan fingerprint density at radius 3 is 2.89 bits per heavy atom. The number of likely N-dealkylation sites (tertiary alicyclic amines) is 2. The minimum Gasteiger partial charge on any atom is -0.336 e. The maximum Gasteiger partial charge on any atom is 0.244 e. The second-order valence-corrected chi connectivity index (χ2v) is 10.3. The van der Waals surface area contributed by atoms with E-state index in [2.05, 4.69) is 6.07 Å². The van der Waals surface area contributed by atoms with Crippen molar-refractivity contribution in [3.05, 3.63) is 16.8 Å². The molecule has 0 radical (unpaired) electrons. The minimum absolute atomic E-state index is 0.109. The lowest BCUT2D eigenvalue weighted by molar-refractivity contribution is -0.139. The lowest BCUT2D eigenvalue weighted by Gasteiger charge is -2.35. The lowest BCUT2D eigenvalue weighted by atomic mass is 10.1. The molecule has 3 aliphatic heterocycles. The van der Waals surface area contributed by atoms with Crippen molar-refractivity contribution in [1.82, 2.24) is 14.1 Å². The molecular weight excluding hydrogens is 400 g/mol. The van der Waals surface area contributed by atoms with Crippen LogP contribution in [0.15, 0.2) is 21.7 Å². The molecule has 0 saturated carbocycles. The largest absolute Gasteiger partial charge is 0.336 e. The van der Waals surface area contributed by atoms with Crippen molar-refractivity contribution in [1.29, 1.82) is 5.26 Å². The van der Waals surface area contributed by atoms with E-state index in [1.54, 1.807) is 33.6 Å². The highest BCUT2D eigenvalue weighted by Crippen LogP contribution is 2.37. The van der Waals surface area contributed by atoms with E-state index in [-0.39, 0.29) is 41.9 Å². The zero-order valence-corrected chi connectivity index (χ0v) is 17.2. The molecule has 0 aromatic carbocycles. The van der Waals surface area contributed by atoms with Gasteiger partial charge in [-0.1, -0.05) is 6.92 Å². The summed E-state index contributed by atoms with van der Waals surface area (Å²) in [7, 11) is -3.67. The van der Waals surface area contributed by atoms with Gasteiger partial charge in [-0.05, 0) is 30.7 Å². The number of amides is 2. The van der Waals surface area contributed by atoms with Crippen LogP contribution in [0.3, 0.4) is 0 Å². The highest BCUT2D eigenvalue weighted by atomic mass is 32.2. The smallest absolute Gasteiger partial charge is 0.244 e. The molecule has 2 amide bonds. The number of sulfonamides is 1. The summed E-state index contributed by atoms with van der Waals surface area (Å²) in [5, 5.41) is 12.5. The number of thiophene rings is 1. The molecular formula is C18H22N4O4S2. The Hall–Kier alpha value is -1.96. The lowest BCUT2D eigenvalue weighted by Crippen LogP contribution is -2.54. The topological polar surface area (TPSA) is 102 Å². The molecule has 3 aliphatic rings. The fourth-order valence-electron chi connectivity index (χ4n) is 4.47. The van der Waals surface area contributed by atoms with E-state index in [4.69, 9.17) is 0 Å². The Morgan fingerprint density at radius 2 is 2.25 bits per heavy atom. The van der Waals surface area contributed by atoms with Crippen molar-refractivity contribution in [2.24, 2.45) is 5.92 Å². The van der Waals surface area contributed by atoms with Crippen LogP contribution in [-0.4, -0.2) is 72.1 Å². The van der Waals surface area contributed by atoms with Gasteiger partial charge in [-0.25, -0.2) is 8.42 Å². The molecule has 10 heteroatoms. The highest BCUT2D eigenvalue weighted by molar-refractivity contribution is 7.89. The molecule has 0 unspecified atom stereocenters. The number of hydrogen-bond donors (Lipinski definition) is 0. The van der Waals surface area contributed by atoms with Crippen molar-refractivity contribution in [3.63, 3.8) is 0 Å². The van der Waals surface area contributed by atoms with E-state index in [0.717, 1.165) is 6.42 Å². The monoisotopic (exact) mass is 422 g/mol. The summed E-state index contributed by atoms with van der Waals surface area (Å²) in [6, 6.07) is 2.45. The van der Waals surface area contributed by atoms with Gasteiger partial charge in [0.15, 0.2) is 0 Å². The van der Waals surface area contributed by atoms with Crippen molar-refractivity contribution < 1.29 is 18.0 Å². The molecule has 4 atom stereocenters. The second kappa shape index (κ2) is 7.13. The summed E-state index contributed by atoms with van der Waals surface area (Å²) in [4.78, 5) is 29.1. The first-order valence-electron chi connectivity index (χ1n) is 9.39. The quantitative estimate of drug-likeness (QED) is 0.701. The number of piperazine rings is 1. The zero-order valence-electron chi connectivity index (χ0n) is 15.5. The van der Waals surface area contributed by atoms with E-state index in [1.165, 1.54) is 15.6 Å². The molecule has 2 bridgehead atoms. The maximum atomic E-state index is 12.8. The van der Waals surface area contributed by atoms with E-state index in [0.29, 0.717) is 19.4 Å². The minimum atomic E-state index is -3.67. The van der Waals surface area contributed by atoms with Crippen LogP contribution in [0.4, 0.5) is 0 Å². The highest BCUT2D eigenvalue weighted by Gasteiger charge is 2.54. The molecule has 4 rings (SSSR count). The number of rotatable bonds is 5. The van der Waals surface area contributed by atoms with Gasteiger partial charge in [-0.15, -0.1) is 0 Å². The third kappa shape index (κ3) is 3.02. The second-order valence-electron chi connectivity index (χ2n) is 7.65. The van der Waals surface area contributed by atoms with Gasteiger partial charge in [0.2, 0.25) is 21.8 Å². The summed E-state index contributed by atoms with van der Waals surface area (Å²) in [5.74, 6) is -0.755. The first-order valence-corrected chi connectivity index (χ1v) is 11.8. The number of nitriles is 1. The Balaban J connectivity index is 1.43. The van der Waals surface area contributed by atoms with E-state index >= 15 is 0 Å². The average molecular weight is 423 g/mol. The molecule has 1 aromatic heterocycles. The number of hydrogen-bond acceptors (Lipinski definition) is 6. The van der Waals surface area contributed by atoms with Gasteiger partial charge in [-0.3, -0.25) is 9.59 Å². The van der Waals surface area contributed by atoms with Crippen LogP contribution in [0.2, 0.25) is 0 Å². The van der Waals surface area contributed by atoms with Crippen molar-refractivity contribution in [2.45, 2.75) is 49.2 Å². The standard InChI is InChI=1S/C18H22N4O4S2/c1-12(17(23)20-5-2-3-13(20)8-19)9-21-14-7-16(18(21)24)22(10-14)28(25,26)15-4-6-27-11-15/h4,6,11-14,16H,2-3,5,7,9-10H2,1H3/t12-,13-,14-,16-/m0/s1. The number of carbonyl (C=O) groups is 2. The zero-order chi connectivity index (χ0) is 20.1. The molecule has 0 aliphatic carbocycles. The molecule has 28 heavy (non-hydrogen) atoms. The Labute approximate surface area is 168 Å². The van der Waals surface area contributed by atoms with Crippen LogP contribution in [-0.2, 0) is 19.6 Å². The van der Waals surface area contributed by atoms with Crippen LogP contribution in [0, 0.1) is 17.2 Å². The predicted molar refractivity (Wildman–Crippen MR) is 102 cm³/mol. The Morgan fingerprint density at radius 1 is 1.46 bits per heavy atom. The van der Waals surface area contributed by atoms with Gasteiger partial charge in [0.05, 0.1) is 16.9 Å². The molecule has 150 valence electrons. The predicted octanol–water partition coefficient (Wildman–Crippen LogP) is 0.873. The van der Waals surface area contributed by atoms with E-state index in [9.17, 15) is 23.3 Å². The fraction of sp³-hybridized carbons (Fsp3) is 0.611. The molecule has 0 spiro atoms. The molecule has 0 N–H and O–H groups in total. The van der Waals surface area contributed by atoms with E-state index in [1.807, 2.05) is 0 Å². The van der Waals surface area contributed by atoms with Crippen LogP contribution >= 0.6 is 11.3 Å². The van der Waals surface area contributed by atoms with Crippen LogP contribution in [0.1, 0.15) is 26.2 Å². The summed E-state index contributed by atoms with van der Waals surface area (Å²) in [6.45, 7) is 2.88. The average Bonchev–Trinajstić information content (AvgIpc) is 3.45. The van der Waals surface area contributed by atoms with Gasteiger partial charge >= 0.3 is 0 Å². The fourth-order valence-corrected chi connectivity index (χ4v) is 7.11. The third-order valence-electron chi connectivity index (χ3n) is 5.92. The van der Waals surface area contributed by atoms with Crippen LogP contribution in [0.25, 0.3) is 0 Å². The molecule has 3 fully saturated rings. The number of carbonyl (C=O) groups excluding carboxylic acids is 2. The SMILES string of the molecule is C[C@@H](CN1C(=O)[C@@H]2C[C@H]1CN2S(=O)(=O)c1ccsc1)C(=O)N1CCC[C@H]1C#N. The summed E-state index contributed by atoms with van der Waals surface area (Å²) < 4.78 is 26.9. The van der Waals surface area contributed by atoms with E-state index < -0.39 is 22.0 Å². The molecule has 8 nitrogen and oxygen atoms in total. The summed E-state index contributed by atoms with van der Waals surface area (Å²) in [5.41, 5.74) is 0. The van der Waals surface area contributed by atoms with Gasteiger partial charge < -0.3 is 9.80 Å². The first-order chi connectivity index (χ1) is 13.3. The summed E-state index contributed by atoms with van der Waals surface area (Å²) >= 11 is 1.31. The Bertz CT molecular complexity index is 924. The Kier molecular flexibility index (Phi) is 4.93. The van der Waals surface area contributed by atoms with Gasteiger partial charge in [0.25, 0.3) is 0 Å². The normalized spacial score (nSPS) is 28.7. The van der Waals surface area contributed by atoms with Crippen LogP contribution in [0.5, 0.6) is 0 Å². The van der Waals surface area contributed by atoms with Gasteiger partial charge in [0, 0.05) is 31.1 Å². The maximum absolute atomic E-state index is 12.8. The number of fused-ring (bicyclic) bond motifs is 2. The molecule has 1 aromatic rings. The number of nitrogens with zero attached hydrogens (tertiary/aromatic N) is 4. The van der Waals surface area contributed by atoms with Crippen molar-refractivity contribution >= 4 is 33.2 Å². The van der Waals surface area contributed by atoms with Crippen molar-refractivity contribution in [3.8, 4) is 6.07 Å². The van der Waals surface area contributed by atoms with Crippen molar-refractivity contribution in [2.75, 3.05) is 19.6 Å². The summed E-state index contributed by atoms with van der Waals surface area (Å²) in [6.07, 6.45) is 1.98. The molecule has 3 saturated heterocycles. The van der Waals surface area contributed by atoms with Gasteiger partial charge in [0.1, 0.15) is 12.1 Å². The van der Waals surface area contributed by atoms with Gasteiger partial charge in [-0.2, -0.15) is 20.9 Å². The van der Waals surface area contributed by atoms with Crippen LogP contribution < -0.4 is 0 Å². The first kappa shape index (κ1) is 19.4. The molecule has 4 heterocycles.